The number of hydrogen-bond acceptors (Lipinski definition) is 1. The number of unbranched alkanes of at least 4 members (excludes halogenated alkanes) is 14. The van der Waals surface area contributed by atoms with Gasteiger partial charge in [0.15, 0.2) is 8.32 Å². The van der Waals surface area contributed by atoms with Gasteiger partial charge in [-0.1, -0.05) is 103 Å². The summed E-state index contributed by atoms with van der Waals surface area (Å²) >= 11 is 0. The Kier molecular flexibility index (Phi) is 16.2. The van der Waals surface area contributed by atoms with E-state index in [1.54, 1.807) is 0 Å². The molecule has 0 unspecified atom stereocenters. The Bertz CT molecular complexity index is 216. The fourth-order valence-corrected chi connectivity index (χ4v) is 4.33. The van der Waals surface area contributed by atoms with E-state index in [0.29, 0.717) is 0 Å². The first-order valence-electron chi connectivity index (χ1n) is 10.2. The predicted molar refractivity (Wildman–Crippen MR) is 104 cm³/mol. The molecule has 0 radical (unpaired) electrons. The van der Waals surface area contributed by atoms with Gasteiger partial charge < -0.3 is 4.43 Å². The second kappa shape index (κ2) is 16.0. The zero-order valence-corrected chi connectivity index (χ0v) is 17.2. The quantitative estimate of drug-likeness (QED) is 0.196. The van der Waals surface area contributed by atoms with Crippen LogP contribution in [-0.4, -0.2) is 15.4 Å². The average Bonchev–Trinajstić information content (AvgIpc) is 2.51. The zero-order valence-electron chi connectivity index (χ0n) is 16.2. The van der Waals surface area contributed by atoms with E-state index in [-0.39, 0.29) is 0 Å². The summed E-state index contributed by atoms with van der Waals surface area (Å²) in [6.45, 7) is 6.95. The molecule has 0 spiro atoms. The molecule has 0 fully saturated rings. The van der Waals surface area contributed by atoms with E-state index in [2.05, 4.69) is 20.0 Å². The minimum atomic E-state index is -1.28. The van der Waals surface area contributed by atoms with Gasteiger partial charge in [-0.3, -0.25) is 0 Å². The molecular weight excluding hydrogens is 284 g/mol. The summed E-state index contributed by atoms with van der Waals surface area (Å²) in [5.74, 6) is 0. The third-order valence-corrected chi connectivity index (χ3v) is 7.60. The molecular formula is C20H44OSi. The van der Waals surface area contributed by atoms with E-state index in [1.807, 2.05) is 7.11 Å². The van der Waals surface area contributed by atoms with Gasteiger partial charge in [0.2, 0.25) is 0 Å². The average molecular weight is 329 g/mol. The van der Waals surface area contributed by atoms with Crippen LogP contribution in [0.3, 0.4) is 0 Å². The Morgan fingerprint density at radius 3 is 1.18 bits per heavy atom. The first kappa shape index (κ1) is 22.2. The van der Waals surface area contributed by atoms with Crippen molar-refractivity contribution in [2.24, 2.45) is 0 Å². The highest BCUT2D eigenvalue weighted by atomic mass is 28.4. The number of rotatable bonds is 17. The Morgan fingerprint density at radius 1 is 0.545 bits per heavy atom. The predicted octanol–water partition coefficient (Wildman–Crippen LogP) is 7.71. The van der Waals surface area contributed by atoms with E-state index in [0.717, 1.165) is 0 Å². The summed E-state index contributed by atoms with van der Waals surface area (Å²) in [6.07, 6.45) is 21.7. The van der Waals surface area contributed by atoms with Gasteiger partial charge in [0.25, 0.3) is 0 Å². The fraction of sp³-hybridized carbons (Fsp3) is 1.00. The summed E-state index contributed by atoms with van der Waals surface area (Å²) < 4.78 is 5.60. The lowest BCUT2D eigenvalue weighted by molar-refractivity contribution is 0.400. The minimum absolute atomic E-state index is 1.28. The highest BCUT2D eigenvalue weighted by Crippen LogP contribution is 2.17. The van der Waals surface area contributed by atoms with Gasteiger partial charge in [-0.15, -0.1) is 0 Å². The first-order valence-corrected chi connectivity index (χ1v) is 13.3. The van der Waals surface area contributed by atoms with Gasteiger partial charge in [0, 0.05) is 7.11 Å². The lowest BCUT2D eigenvalue weighted by Gasteiger charge is -2.19. The molecule has 0 rings (SSSR count). The molecule has 0 bridgehead atoms. The molecule has 0 aromatic heterocycles. The SMILES string of the molecule is CCCCCCCCCCCCCCCCC[Si](C)(C)OC. The van der Waals surface area contributed by atoms with Crippen molar-refractivity contribution in [3.8, 4) is 0 Å². The van der Waals surface area contributed by atoms with Crippen molar-refractivity contribution in [2.75, 3.05) is 7.11 Å². The first-order chi connectivity index (χ1) is 10.6. The van der Waals surface area contributed by atoms with Gasteiger partial charge >= 0.3 is 0 Å². The Morgan fingerprint density at radius 2 is 0.864 bits per heavy atom. The molecule has 0 N–H and O–H groups in total. The molecule has 0 aromatic carbocycles. The van der Waals surface area contributed by atoms with Crippen molar-refractivity contribution >= 4 is 8.32 Å². The maximum Gasteiger partial charge on any atom is 0.186 e. The molecule has 0 aliphatic rings. The fourth-order valence-electron chi connectivity index (χ4n) is 3.02. The highest BCUT2D eigenvalue weighted by molar-refractivity contribution is 6.71. The van der Waals surface area contributed by atoms with E-state index >= 15 is 0 Å². The smallest absolute Gasteiger partial charge is 0.186 e. The molecule has 0 heterocycles. The van der Waals surface area contributed by atoms with Crippen LogP contribution in [0.5, 0.6) is 0 Å². The van der Waals surface area contributed by atoms with Crippen LogP contribution in [0.2, 0.25) is 19.1 Å². The van der Waals surface area contributed by atoms with Gasteiger partial charge in [0.05, 0.1) is 0 Å². The molecule has 134 valence electrons. The van der Waals surface area contributed by atoms with Crippen LogP contribution >= 0.6 is 0 Å². The van der Waals surface area contributed by atoms with Crippen LogP contribution < -0.4 is 0 Å². The van der Waals surface area contributed by atoms with Gasteiger partial charge in [-0.25, -0.2) is 0 Å². The van der Waals surface area contributed by atoms with Crippen LogP contribution in [0, 0.1) is 0 Å². The Labute approximate surface area is 142 Å². The monoisotopic (exact) mass is 328 g/mol. The van der Waals surface area contributed by atoms with Gasteiger partial charge in [0.1, 0.15) is 0 Å². The summed E-state index contributed by atoms with van der Waals surface area (Å²) in [5, 5.41) is 0. The van der Waals surface area contributed by atoms with Crippen LogP contribution in [0.25, 0.3) is 0 Å². The van der Waals surface area contributed by atoms with Crippen LogP contribution in [0.1, 0.15) is 103 Å². The van der Waals surface area contributed by atoms with Crippen LogP contribution in [0.4, 0.5) is 0 Å². The van der Waals surface area contributed by atoms with Crippen molar-refractivity contribution < 1.29 is 4.43 Å². The van der Waals surface area contributed by atoms with Crippen molar-refractivity contribution in [2.45, 2.75) is 122 Å². The van der Waals surface area contributed by atoms with Crippen molar-refractivity contribution in [3.63, 3.8) is 0 Å². The maximum absolute atomic E-state index is 5.60. The highest BCUT2D eigenvalue weighted by Gasteiger charge is 2.18. The third-order valence-electron chi connectivity index (χ3n) is 4.93. The summed E-state index contributed by atoms with van der Waals surface area (Å²) in [5.41, 5.74) is 0. The summed E-state index contributed by atoms with van der Waals surface area (Å²) in [6, 6.07) is 1.34. The van der Waals surface area contributed by atoms with Crippen LogP contribution in [-0.2, 0) is 4.43 Å². The molecule has 0 aliphatic carbocycles. The standard InChI is InChI=1S/C20H44OSi/c1-5-6-7-8-9-10-11-12-13-14-15-16-17-18-19-20-22(3,4)21-2/h5-20H2,1-4H3. The maximum atomic E-state index is 5.60. The molecule has 1 nitrogen and oxygen atoms in total. The molecule has 22 heavy (non-hydrogen) atoms. The zero-order chi connectivity index (χ0) is 16.5. The lowest BCUT2D eigenvalue weighted by atomic mass is 10.0. The minimum Gasteiger partial charge on any atom is -0.420 e. The van der Waals surface area contributed by atoms with Crippen molar-refractivity contribution in [1.29, 1.82) is 0 Å². The molecule has 0 saturated carbocycles. The molecule has 0 saturated heterocycles. The van der Waals surface area contributed by atoms with Crippen molar-refractivity contribution in [3.05, 3.63) is 0 Å². The molecule has 0 amide bonds. The van der Waals surface area contributed by atoms with Crippen molar-refractivity contribution in [1.82, 2.24) is 0 Å². The van der Waals surface area contributed by atoms with E-state index in [9.17, 15) is 0 Å². The Balaban J connectivity index is 3.06. The normalized spacial score (nSPS) is 12.0. The molecule has 0 aliphatic heterocycles. The Hall–Kier alpha value is 0.177. The lowest BCUT2D eigenvalue weighted by Crippen LogP contribution is -2.27. The van der Waals surface area contributed by atoms with E-state index in [4.69, 9.17) is 4.43 Å². The summed E-state index contributed by atoms with van der Waals surface area (Å²) in [4.78, 5) is 0. The molecule has 0 aromatic rings. The van der Waals surface area contributed by atoms with Gasteiger partial charge in [-0.2, -0.15) is 0 Å². The second-order valence-corrected chi connectivity index (χ2v) is 12.1. The van der Waals surface area contributed by atoms with E-state index < -0.39 is 8.32 Å². The van der Waals surface area contributed by atoms with Crippen LogP contribution in [0.15, 0.2) is 0 Å². The largest absolute Gasteiger partial charge is 0.420 e. The molecule has 2 heteroatoms. The molecule has 0 atom stereocenters. The third kappa shape index (κ3) is 16.5. The summed E-state index contributed by atoms with van der Waals surface area (Å²) in [7, 11) is 0.604. The second-order valence-electron chi connectivity index (χ2n) is 7.66. The number of hydrogen-bond donors (Lipinski definition) is 0. The van der Waals surface area contributed by atoms with E-state index in [1.165, 1.54) is 102 Å². The van der Waals surface area contributed by atoms with Gasteiger partial charge in [-0.05, 0) is 19.1 Å². The topological polar surface area (TPSA) is 9.23 Å².